The van der Waals surface area contributed by atoms with Crippen molar-refractivity contribution in [3.63, 3.8) is 0 Å². The molecular formula is C8H6F3N5. The number of aromatic nitrogens is 3. The fourth-order valence-corrected chi connectivity index (χ4v) is 1.19. The second kappa shape index (κ2) is 3.40. The Morgan fingerprint density at radius 2 is 1.75 bits per heavy atom. The standard InChI is InChI=1S/C8H6F3N5/c9-4-2-1-3(5(10)6(4)11)7-14-15-8(12)16(7)13/h1-2H,13H2,(H2,12,15). The molecule has 1 heterocycles. The van der Waals surface area contributed by atoms with Crippen molar-refractivity contribution < 1.29 is 13.2 Å². The minimum Gasteiger partial charge on any atom is -0.366 e. The second-order valence-electron chi connectivity index (χ2n) is 2.97. The van der Waals surface area contributed by atoms with Crippen molar-refractivity contribution in [3.8, 4) is 11.4 Å². The Bertz CT molecular complexity index is 551. The van der Waals surface area contributed by atoms with Crippen molar-refractivity contribution in [2.45, 2.75) is 0 Å². The highest BCUT2D eigenvalue weighted by Gasteiger charge is 2.19. The minimum atomic E-state index is -1.60. The number of benzene rings is 1. The molecule has 0 unspecified atom stereocenters. The molecule has 0 aliphatic carbocycles. The van der Waals surface area contributed by atoms with Crippen LogP contribution in [0.25, 0.3) is 11.4 Å². The van der Waals surface area contributed by atoms with Crippen LogP contribution in [0.2, 0.25) is 0 Å². The number of nitrogens with two attached hydrogens (primary N) is 2. The Morgan fingerprint density at radius 3 is 2.31 bits per heavy atom. The van der Waals surface area contributed by atoms with E-state index in [1.807, 2.05) is 0 Å². The van der Waals surface area contributed by atoms with Gasteiger partial charge in [-0.05, 0) is 12.1 Å². The number of hydrogen-bond acceptors (Lipinski definition) is 4. The molecule has 16 heavy (non-hydrogen) atoms. The van der Waals surface area contributed by atoms with Gasteiger partial charge in [0.05, 0.1) is 5.56 Å². The molecule has 2 rings (SSSR count). The first-order valence-corrected chi connectivity index (χ1v) is 4.12. The van der Waals surface area contributed by atoms with Crippen LogP contribution < -0.4 is 11.6 Å². The van der Waals surface area contributed by atoms with E-state index in [0.717, 1.165) is 16.8 Å². The van der Waals surface area contributed by atoms with E-state index in [2.05, 4.69) is 10.2 Å². The highest BCUT2D eigenvalue weighted by atomic mass is 19.2. The molecule has 84 valence electrons. The normalized spacial score (nSPS) is 10.7. The van der Waals surface area contributed by atoms with E-state index in [9.17, 15) is 13.2 Å². The molecule has 0 fully saturated rings. The molecule has 1 aromatic heterocycles. The van der Waals surface area contributed by atoms with Crippen molar-refractivity contribution in [1.29, 1.82) is 0 Å². The summed E-state index contributed by atoms with van der Waals surface area (Å²) in [4.78, 5) is 0. The van der Waals surface area contributed by atoms with E-state index in [1.54, 1.807) is 0 Å². The van der Waals surface area contributed by atoms with E-state index in [0.29, 0.717) is 0 Å². The Labute approximate surface area is 87.5 Å². The molecule has 0 spiro atoms. The highest BCUT2D eigenvalue weighted by molar-refractivity contribution is 5.58. The SMILES string of the molecule is Nc1nnc(-c2ccc(F)c(F)c2F)n1N. The third kappa shape index (κ3) is 1.35. The predicted molar refractivity (Wildman–Crippen MR) is 49.9 cm³/mol. The molecule has 0 radical (unpaired) electrons. The fraction of sp³-hybridized carbons (Fsp3) is 0. The van der Waals surface area contributed by atoms with Gasteiger partial charge in [-0.15, -0.1) is 10.2 Å². The molecule has 0 amide bonds. The number of rotatable bonds is 1. The second-order valence-corrected chi connectivity index (χ2v) is 2.97. The maximum absolute atomic E-state index is 13.3. The highest BCUT2D eigenvalue weighted by Crippen LogP contribution is 2.24. The van der Waals surface area contributed by atoms with Gasteiger partial charge in [0.2, 0.25) is 5.95 Å². The lowest BCUT2D eigenvalue weighted by atomic mass is 10.2. The molecule has 1 aromatic carbocycles. The summed E-state index contributed by atoms with van der Waals surface area (Å²) in [7, 11) is 0. The molecular weight excluding hydrogens is 223 g/mol. The zero-order valence-corrected chi connectivity index (χ0v) is 7.78. The maximum atomic E-state index is 13.3. The molecule has 0 saturated carbocycles. The summed E-state index contributed by atoms with van der Waals surface area (Å²) >= 11 is 0. The van der Waals surface area contributed by atoms with E-state index in [4.69, 9.17) is 11.6 Å². The van der Waals surface area contributed by atoms with Gasteiger partial charge in [0.25, 0.3) is 0 Å². The summed E-state index contributed by atoms with van der Waals surface area (Å²) in [5, 5.41) is 6.82. The van der Waals surface area contributed by atoms with E-state index in [1.165, 1.54) is 0 Å². The Hall–Kier alpha value is -2.25. The number of nitrogens with zero attached hydrogens (tertiary/aromatic N) is 3. The summed E-state index contributed by atoms with van der Waals surface area (Å²) < 4.78 is 39.7. The van der Waals surface area contributed by atoms with Crippen molar-refractivity contribution in [2.75, 3.05) is 11.6 Å². The van der Waals surface area contributed by atoms with Gasteiger partial charge < -0.3 is 11.6 Å². The van der Waals surface area contributed by atoms with Gasteiger partial charge in [-0.1, -0.05) is 0 Å². The zero-order chi connectivity index (χ0) is 11.9. The van der Waals surface area contributed by atoms with E-state index >= 15 is 0 Å². The van der Waals surface area contributed by atoms with Gasteiger partial charge >= 0.3 is 0 Å². The Balaban J connectivity index is 2.66. The summed E-state index contributed by atoms with van der Waals surface area (Å²) in [6.07, 6.45) is 0. The number of halogens is 3. The molecule has 5 nitrogen and oxygen atoms in total. The first-order chi connectivity index (χ1) is 7.52. The van der Waals surface area contributed by atoms with Crippen molar-refractivity contribution >= 4 is 5.95 Å². The lowest BCUT2D eigenvalue weighted by Crippen LogP contribution is -2.14. The van der Waals surface area contributed by atoms with Crippen LogP contribution >= 0.6 is 0 Å². The van der Waals surface area contributed by atoms with Crippen LogP contribution in [-0.2, 0) is 0 Å². The quantitative estimate of drug-likeness (QED) is 0.555. The van der Waals surface area contributed by atoms with Crippen LogP contribution in [-0.4, -0.2) is 14.9 Å². The smallest absolute Gasteiger partial charge is 0.241 e. The number of anilines is 1. The topological polar surface area (TPSA) is 82.8 Å². The van der Waals surface area contributed by atoms with E-state index < -0.39 is 17.5 Å². The van der Waals surface area contributed by atoms with Crippen LogP contribution in [0.5, 0.6) is 0 Å². The summed E-state index contributed by atoms with van der Waals surface area (Å²) in [5.41, 5.74) is 4.96. The molecule has 0 saturated heterocycles. The summed E-state index contributed by atoms with van der Waals surface area (Å²) in [6, 6.07) is 1.76. The first-order valence-electron chi connectivity index (χ1n) is 4.12. The molecule has 4 N–H and O–H groups in total. The van der Waals surface area contributed by atoms with Gasteiger partial charge in [0.1, 0.15) is 0 Å². The van der Waals surface area contributed by atoms with Crippen LogP contribution in [0, 0.1) is 17.5 Å². The van der Waals surface area contributed by atoms with Gasteiger partial charge in [-0.25, -0.2) is 17.8 Å². The lowest BCUT2D eigenvalue weighted by Gasteiger charge is -2.03. The first kappa shape index (κ1) is 10.3. The van der Waals surface area contributed by atoms with Crippen LogP contribution in [0.1, 0.15) is 0 Å². The summed E-state index contributed by atoms with van der Waals surface area (Å²) in [5.74, 6) is 0.740. The Kier molecular flexibility index (Phi) is 2.18. The van der Waals surface area contributed by atoms with Crippen molar-refractivity contribution in [2.24, 2.45) is 0 Å². The van der Waals surface area contributed by atoms with E-state index in [-0.39, 0.29) is 17.3 Å². The van der Waals surface area contributed by atoms with Gasteiger partial charge in [-0.2, -0.15) is 0 Å². The summed E-state index contributed by atoms with van der Waals surface area (Å²) in [6.45, 7) is 0. The average molecular weight is 229 g/mol. The molecule has 0 aliphatic rings. The number of hydrogen-bond donors (Lipinski definition) is 2. The lowest BCUT2D eigenvalue weighted by molar-refractivity contribution is 0.448. The van der Waals surface area contributed by atoms with Gasteiger partial charge in [0.15, 0.2) is 23.3 Å². The predicted octanol–water partition coefficient (Wildman–Crippen LogP) is 0.658. The number of nitrogen functional groups attached to an aromatic ring is 2. The third-order valence-electron chi connectivity index (χ3n) is 2.00. The maximum Gasteiger partial charge on any atom is 0.241 e. The Morgan fingerprint density at radius 1 is 1.06 bits per heavy atom. The molecule has 0 atom stereocenters. The molecule has 0 aliphatic heterocycles. The molecule has 0 bridgehead atoms. The van der Waals surface area contributed by atoms with Crippen LogP contribution in [0.15, 0.2) is 12.1 Å². The van der Waals surface area contributed by atoms with Crippen molar-refractivity contribution in [1.82, 2.24) is 14.9 Å². The zero-order valence-electron chi connectivity index (χ0n) is 7.78. The average Bonchev–Trinajstić information content (AvgIpc) is 2.58. The van der Waals surface area contributed by atoms with Gasteiger partial charge in [-0.3, -0.25) is 0 Å². The van der Waals surface area contributed by atoms with Crippen molar-refractivity contribution in [3.05, 3.63) is 29.6 Å². The minimum absolute atomic E-state index is 0.167. The fourth-order valence-electron chi connectivity index (χ4n) is 1.19. The van der Waals surface area contributed by atoms with Gasteiger partial charge in [0, 0.05) is 0 Å². The largest absolute Gasteiger partial charge is 0.366 e. The molecule has 8 heteroatoms. The molecule has 2 aromatic rings. The monoisotopic (exact) mass is 229 g/mol. The van der Waals surface area contributed by atoms with Crippen LogP contribution in [0.4, 0.5) is 19.1 Å². The van der Waals surface area contributed by atoms with Crippen LogP contribution in [0.3, 0.4) is 0 Å². The third-order valence-corrected chi connectivity index (χ3v) is 2.00.